The molecule has 0 radical (unpaired) electrons. The molecule has 0 fully saturated rings. The highest BCUT2D eigenvalue weighted by molar-refractivity contribution is 9.10. The van der Waals surface area contributed by atoms with E-state index in [9.17, 15) is 4.79 Å². The van der Waals surface area contributed by atoms with Gasteiger partial charge in [-0.1, -0.05) is 26.0 Å². The molecule has 80 valence electrons. The third kappa shape index (κ3) is 1.33. The number of nitrogens with one attached hydrogen (secondary N) is 1. The third-order valence-electron chi connectivity index (χ3n) is 3.41. The lowest BCUT2D eigenvalue weighted by Crippen LogP contribution is -2.32. The molecule has 1 heterocycles. The summed E-state index contributed by atoms with van der Waals surface area (Å²) in [5.74, 6) is 0.134. The average molecular weight is 268 g/mol. The van der Waals surface area contributed by atoms with Crippen molar-refractivity contribution in [1.82, 2.24) is 0 Å². The number of rotatable bonds is 2. The van der Waals surface area contributed by atoms with Gasteiger partial charge >= 0.3 is 0 Å². The number of amides is 1. The van der Waals surface area contributed by atoms with Crippen molar-refractivity contribution in [3.05, 3.63) is 28.2 Å². The Kier molecular flexibility index (Phi) is 2.59. The van der Waals surface area contributed by atoms with Crippen molar-refractivity contribution in [2.75, 3.05) is 5.32 Å². The van der Waals surface area contributed by atoms with E-state index in [1.807, 2.05) is 18.2 Å². The van der Waals surface area contributed by atoms with E-state index in [1.54, 1.807) is 0 Å². The Morgan fingerprint density at radius 1 is 1.33 bits per heavy atom. The average Bonchev–Trinajstić information content (AvgIpc) is 2.53. The molecule has 15 heavy (non-hydrogen) atoms. The van der Waals surface area contributed by atoms with Crippen molar-refractivity contribution in [2.45, 2.75) is 32.1 Å². The van der Waals surface area contributed by atoms with Gasteiger partial charge in [-0.15, -0.1) is 0 Å². The second-order valence-electron chi connectivity index (χ2n) is 3.91. The minimum Gasteiger partial charge on any atom is -0.324 e. The van der Waals surface area contributed by atoms with Gasteiger partial charge in [0.2, 0.25) is 5.91 Å². The van der Waals surface area contributed by atoms with Gasteiger partial charge in [0.25, 0.3) is 0 Å². The number of hydrogen-bond acceptors (Lipinski definition) is 1. The van der Waals surface area contributed by atoms with Crippen LogP contribution in [0.4, 0.5) is 5.69 Å². The van der Waals surface area contributed by atoms with E-state index < -0.39 is 0 Å². The number of hydrogen-bond donors (Lipinski definition) is 1. The summed E-state index contributed by atoms with van der Waals surface area (Å²) in [6.45, 7) is 4.14. The van der Waals surface area contributed by atoms with Crippen LogP contribution in [0.1, 0.15) is 32.3 Å². The fourth-order valence-electron chi connectivity index (χ4n) is 2.36. The topological polar surface area (TPSA) is 29.1 Å². The number of para-hydroxylation sites is 1. The number of benzene rings is 1. The minimum absolute atomic E-state index is 0.134. The van der Waals surface area contributed by atoms with Crippen LogP contribution in [-0.2, 0) is 10.2 Å². The maximum Gasteiger partial charge on any atom is 0.235 e. The molecule has 1 aromatic carbocycles. The Hall–Kier alpha value is -0.830. The van der Waals surface area contributed by atoms with Crippen LogP contribution < -0.4 is 5.32 Å². The molecule has 1 aromatic rings. The van der Waals surface area contributed by atoms with Crippen molar-refractivity contribution >= 4 is 27.5 Å². The fraction of sp³-hybridized carbons (Fsp3) is 0.417. The molecular formula is C12H14BrNO. The fourth-order valence-corrected chi connectivity index (χ4v) is 2.82. The smallest absolute Gasteiger partial charge is 0.235 e. The van der Waals surface area contributed by atoms with Crippen LogP contribution in [0.3, 0.4) is 0 Å². The van der Waals surface area contributed by atoms with Crippen LogP contribution in [-0.4, -0.2) is 5.91 Å². The zero-order valence-electron chi connectivity index (χ0n) is 8.93. The Balaban J connectivity index is 2.64. The predicted octanol–water partition coefficient (Wildman–Crippen LogP) is 3.46. The van der Waals surface area contributed by atoms with Gasteiger partial charge in [-0.3, -0.25) is 4.79 Å². The second kappa shape index (κ2) is 3.63. The standard InChI is InChI=1S/C12H14BrNO/c1-3-12(4-2)8-6-5-7-9(13)10(8)14-11(12)15/h5-7H,3-4H2,1-2H3,(H,14,15). The largest absolute Gasteiger partial charge is 0.324 e. The molecule has 1 amide bonds. The lowest BCUT2D eigenvalue weighted by atomic mass is 9.77. The Labute approximate surface area is 98.2 Å². The van der Waals surface area contributed by atoms with E-state index in [2.05, 4.69) is 35.1 Å². The van der Waals surface area contributed by atoms with Gasteiger partial charge in [0.1, 0.15) is 0 Å². The van der Waals surface area contributed by atoms with Gasteiger partial charge in [-0.05, 0) is 40.4 Å². The molecule has 0 saturated carbocycles. The number of carbonyl (C=O) groups is 1. The summed E-state index contributed by atoms with van der Waals surface area (Å²) in [5.41, 5.74) is 1.76. The van der Waals surface area contributed by atoms with Crippen LogP contribution in [0.5, 0.6) is 0 Å². The van der Waals surface area contributed by atoms with Crippen molar-refractivity contribution in [3.63, 3.8) is 0 Å². The monoisotopic (exact) mass is 267 g/mol. The zero-order chi connectivity index (χ0) is 11.1. The van der Waals surface area contributed by atoms with Crippen LogP contribution >= 0.6 is 15.9 Å². The zero-order valence-corrected chi connectivity index (χ0v) is 10.5. The van der Waals surface area contributed by atoms with Crippen molar-refractivity contribution < 1.29 is 4.79 Å². The lowest BCUT2D eigenvalue weighted by Gasteiger charge is -2.23. The summed E-state index contributed by atoms with van der Waals surface area (Å²) < 4.78 is 0.970. The highest BCUT2D eigenvalue weighted by Gasteiger charge is 2.44. The molecule has 0 saturated heterocycles. The Morgan fingerprint density at radius 2 is 2.00 bits per heavy atom. The molecular weight excluding hydrogens is 254 g/mol. The molecule has 1 N–H and O–H groups in total. The molecule has 0 bridgehead atoms. The molecule has 3 heteroatoms. The molecule has 1 aliphatic rings. The van der Waals surface area contributed by atoms with Crippen molar-refractivity contribution in [2.24, 2.45) is 0 Å². The van der Waals surface area contributed by atoms with Gasteiger partial charge in [-0.25, -0.2) is 0 Å². The summed E-state index contributed by atoms with van der Waals surface area (Å²) in [5, 5.41) is 2.97. The predicted molar refractivity (Wildman–Crippen MR) is 65.0 cm³/mol. The van der Waals surface area contributed by atoms with Crippen LogP contribution in [0.15, 0.2) is 22.7 Å². The molecule has 1 aliphatic heterocycles. The SMILES string of the molecule is CCC1(CC)C(=O)Nc2c(Br)cccc21. The lowest BCUT2D eigenvalue weighted by molar-refractivity contribution is -0.121. The number of anilines is 1. The normalized spacial score (nSPS) is 17.4. The summed E-state index contributed by atoms with van der Waals surface area (Å²) >= 11 is 3.47. The van der Waals surface area contributed by atoms with Gasteiger partial charge in [0, 0.05) is 4.47 Å². The van der Waals surface area contributed by atoms with Crippen molar-refractivity contribution in [1.29, 1.82) is 0 Å². The Morgan fingerprint density at radius 3 is 2.60 bits per heavy atom. The first-order valence-electron chi connectivity index (χ1n) is 5.26. The molecule has 0 atom stereocenters. The van der Waals surface area contributed by atoms with E-state index in [4.69, 9.17) is 0 Å². The van der Waals surface area contributed by atoms with E-state index >= 15 is 0 Å². The summed E-state index contributed by atoms with van der Waals surface area (Å²) in [7, 11) is 0. The maximum absolute atomic E-state index is 12.0. The van der Waals surface area contributed by atoms with Gasteiger partial charge in [-0.2, -0.15) is 0 Å². The van der Waals surface area contributed by atoms with Gasteiger partial charge in [0.05, 0.1) is 11.1 Å². The Bertz CT molecular complexity index is 410. The van der Waals surface area contributed by atoms with E-state index in [0.717, 1.165) is 28.6 Å². The highest BCUT2D eigenvalue weighted by Crippen LogP contribution is 2.45. The van der Waals surface area contributed by atoms with Gasteiger partial charge in [0.15, 0.2) is 0 Å². The van der Waals surface area contributed by atoms with Crippen molar-refractivity contribution in [3.8, 4) is 0 Å². The number of halogens is 1. The second-order valence-corrected chi connectivity index (χ2v) is 4.76. The summed E-state index contributed by atoms with van der Waals surface area (Å²) in [4.78, 5) is 12.0. The molecule has 2 rings (SSSR count). The number of carbonyl (C=O) groups excluding carboxylic acids is 1. The highest BCUT2D eigenvalue weighted by atomic mass is 79.9. The summed E-state index contributed by atoms with van der Waals surface area (Å²) in [6.07, 6.45) is 1.69. The first kappa shape index (κ1) is 10.7. The van der Waals surface area contributed by atoms with E-state index in [1.165, 1.54) is 0 Å². The molecule has 0 aromatic heterocycles. The minimum atomic E-state index is -0.320. The van der Waals surface area contributed by atoms with Gasteiger partial charge < -0.3 is 5.32 Å². The van der Waals surface area contributed by atoms with Crippen LogP contribution in [0.2, 0.25) is 0 Å². The third-order valence-corrected chi connectivity index (χ3v) is 4.07. The van der Waals surface area contributed by atoms with Crippen LogP contribution in [0.25, 0.3) is 0 Å². The van der Waals surface area contributed by atoms with E-state index in [-0.39, 0.29) is 11.3 Å². The molecule has 0 spiro atoms. The maximum atomic E-state index is 12.0. The molecule has 0 aliphatic carbocycles. The first-order chi connectivity index (χ1) is 7.15. The van der Waals surface area contributed by atoms with E-state index in [0.29, 0.717) is 0 Å². The molecule has 2 nitrogen and oxygen atoms in total. The number of fused-ring (bicyclic) bond motifs is 1. The quantitative estimate of drug-likeness (QED) is 0.874. The van der Waals surface area contributed by atoms with Crippen LogP contribution in [0, 0.1) is 0 Å². The summed E-state index contributed by atoms with van der Waals surface area (Å²) in [6, 6.07) is 5.99. The first-order valence-corrected chi connectivity index (χ1v) is 6.05. The molecule has 0 unspecified atom stereocenters.